The molecule has 1 aromatic heterocycles. The lowest BCUT2D eigenvalue weighted by molar-refractivity contribution is 0.693. The predicted molar refractivity (Wildman–Crippen MR) is 76.5 cm³/mol. The molecule has 0 radical (unpaired) electrons. The highest BCUT2D eigenvalue weighted by Gasteiger charge is 2.18. The summed E-state index contributed by atoms with van der Waals surface area (Å²) in [7, 11) is 0. The summed E-state index contributed by atoms with van der Waals surface area (Å²) in [4.78, 5) is 14.5. The first-order chi connectivity index (χ1) is 9.19. The number of rotatable bonds is 2. The zero-order valence-corrected chi connectivity index (χ0v) is 11.8. The fourth-order valence-electron chi connectivity index (χ4n) is 2.81. The van der Waals surface area contributed by atoms with E-state index in [-0.39, 0.29) is 5.56 Å². The van der Waals surface area contributed by atoms with Gasteiger partial charge in [-0.3, -0.25) is 4.79 Å². The van der Waals surface area contributed by atoms with Gasteiger partial charge in [0.05, 0.1) is 5.69 Å². The van der Waals surface area contributed by atoms with Gasteiger partial charge in [-0.1, -0.05) is 12.8 Å². The molecule has 0 unspecified atom stereocenters. The molecule has 1 fully saturated rings. The zero-order valence-electron chi connectivity index (χ0n) is 11.8. The van der Waals surface area contributed by atoms with Crippen LogP contribution >= 0.6 is 0 Å². The van der Waals surface area contributed by atoms with Crippen LogP contribution in [0.1, 0.15) is 43.9 Å². The van der Waals surface area contributed by atoms with Gasteiger partial charge >= 0.3 is 0 Å². The van der Waals surface area contributed by atoms with Crippen LogP contribution in [0.3, 0.4) is 0 Å². The van der Waals surface area contributed by atoms with Crippen molar-refractivity contribution in [1.82, 2.24) is 4.57 Å². The quantitative estimate of drug-likeness (QED) is 0.819. The minimum atomic E-state index is -0.149. The Morgan fingerprint density at radius 2 is 1.89 bits per heavy atom. The van der Waals surface area contributed by atoms with Crippen molar-refractivity contribution in [1.29, 1.82) is 5.26 Å². The topological polar surface area (TPSA) is 49.0 Å². The third-order valence-corrected chi connectivity index (χ3v) is 3.86. The molecule has 19 heavy (non-hydrogen) atoms. The molecule has 2 rings (SSSR count). The first kappa shape index (κ1) is 13.7. The van der Waals surface area contributed by atoms with Gasteiger partial charge in [0, 0.05) is 25.3 Å². The summed E-state index contributed by atoms with van der Waals surface area (Å²) < 4.78 is 1.67. The highest BCUT2D eigenvalue weighted by atomic mass is 16.1. The Kier molecular flexibility index (Phi) is 4.26. The van der Waals surface area contributed by atoms with E-state index in [1.165, 1.54) is 12.8 Å². The minimum Gasteiger partial charge on any atom is -0.370 e. The van der Waals surface area contributed by atoms with Gasteiger partial charge in [0.25, 0.3) is 5.56 Å². The SMILES string of the molecule is CCn1c(C)cc(N2CCCCCC2)c(C#N)c1=O. The van der Waals surface area contributed by atoms with Crippen molar-refractivity contribution < 1.29 is 0 Å². The van der Waals surface area contributed by atoms with E-state index < -0.39 is 0 Å². The number of hydrogen-bond acceptors (Lipinski definition) is 3. The van der Waals surface area contributed by atoms with E-state index in [0.29, 0.717) is 12.1 Å². The van der Waals surface area contributed by atoms with Gasteiger partial charge in [-0.15, -0.1) is 0 Å². The van der Waals surface area contributed by atoms with Crippen molar-refractivity contribution in [2.75, 3.05) is 18.0 Å². The van der Waals surface area contributed by atoms with E-state index in [0.717, 1.165) is 37.3 Å². The maximum absolute atomic E-state index is 12.3. The standard InChI is InChI=1S/C15H21N3O/c1-3-18-12(2)10-14(13(11-16)15(18)19)17-8-6-4-5-7-9-17/h10H,3-9H2,1-2H3. The molecule has 0 N–H and O–H groups in total. The van der Waals surface area contributed by atoms with Gasteiger partial charge in [0.15, 0.2) is 0 Å². The minimum absolute atomic E-state index is 0.149. The Hall–Kier alpha value is -1.76. The predicted octanol–water partition coefficient (Wildman–Crippen LogP) is 2.43. The van der Waals surface area contributed by atoms with Crippen LogP contribution in [0, 0.1) is 18.3 Å². The molecule has 0 spiro atoms. The Balaban J connectivity index is 2.51. The van der Waals surface area contributed by atoms with Crippen LogP contribution in [-0.4, -0.2) is 17.7 Å². The number of nitrogens with zero attached hydrogens (tertiary/aromatic N) is 3. The second-order valence-corrected chi connectivity index (χ2v) is 5.11. The van der Waals surface area contributed by atoms with Crippen molar-refractivity contribution >= 4 is 5.69 Å². The summed E-state index contributed by atoms with van der Waals surface area (Å²) in [5, 5.41) is 9.32. The number of anilines is 1. The molecule has 102 valence electrons. The maximum Gasteiger partial charge on any atom is 0.270 e. The monoisotopic (exact) mass is 259 g/mol. The van der Waals surface area contributed by atoms with Crippen LogP contribution < -0.4 is 10.5 Å². The molecule has 1 aromatic rings. The van der Waals surface area contributed by atoms with Crippen LogP contribution in [0.15, 0.2) is 10.9 Å². The molecule has 2 heterocycles. The third-order valence-electron chi connectivity index (χ3n) is 3.86. The zero-order chi connectivity index (χ0) is 13.8. The van der Waals surface area contributed by atoms with E-state index in [2.05, 4.69) is 11.0 Å². The smallest absolute Gasteiger partial charge is 0.270 e. The number of pyridine rings is 1. The van der Waals surface area contributed by atoms with Gasteiger partial charge in [-0.25, -0.2) is 0 Å². The van der Waals surface area contributed by atoms with Crippen molar-refractivity contribution in [3.8, 4) is 6.07 Å². The Morgan fingerprint density at radius 3 is 2.42 bits per heavy atom. The molecule has 4 nitrogen and oxygen atoms in total. The summed E-state index contributed by atoms with van der Waals surface area (Å²) in [6.07, 6.45) is 4.76. The molecule has 0 atom stereocenters. The maximum atomic E-state index is 12.3. The summed E-state index contributed by atoms with van der Waals surface area (Å²) in [5.74, 6) is 0. The molecule has 1 aliphatic rings. The Bertz CT molecular complexity index is 546. The largest absolute Gasteiger partial charge is 0.370 e. The van der Waals surface area contributed by atoms with Crippen molar-refractivity contribution in [2.24, 2.45) is 0 Å². The fraction of sp³-hybridized carbons (Fsp3) is 0.600. The molecular formula is C15H21N3O. The lowest BCUT2D eigenvalue weighted by Crippen LogP contribution is -2.31. The number of hydrogen-bond donors (Lipinski definition) is 0. The van der Waals surface area contributed by atoms with Crippen LogP contribution in [0.4, 0.5) is 5.69 Å². The van der Waals surface area contributed by atoms with Crippen LogP contribution in [-0.2, 0) is 6.54 Å². The van der Waals surface area contributed by atoms with Gasteiger partial charge < -0.3 is 9.47 Å². The lowest BCUT2D eigenvalue weighted by Gasteiger charge is -2.24. The first-order valence-electron chi connectivity index (χ1n) is 7.08. The van der Waals surface area contributed by atoms with E-state index in [9.17, 15) is 10.1 Å². The Labute approximate surface area is 114 Å². The third kappa shape index (κ3) is 2.65. The van der Waals surface area contributed by atoms with Crippen molar-refractivity contribution in [2.45, 2.75) is 46.1 Å². The van der Waals surface area contributed by atoms with E-state index in [1.54, 1.807) is 4.57 Å². The van der Waals surface area contributed by atoms with E-state index >= 15 is 0 Å². The van der Waals surface area contributed by atoms with Crippen molar-refractivity contribution in [3.05, 3.63) is 27.7 Å². The second kappa shape index (κ2) is 5.92. The summed E-state index contributed by atoms with van der Waals surface area (Å²) >= 11 is 0. The van der Waals surface area contributed by atoms with Crippen molar-refractivity contribution in [3.63, 3.8) is 0 Å². The highest BCUT2D eigenvalue weighted by molar-refractivity contribution is 5.59. The molecule has 0 bridgehead atoms. The van der Waals surface area contributed by atoms with Gasteiger partial charge in [-0.05, 0) is 32.8 Å². The normalized spacial score (nSPS) is 15.9. The first-order valence-corrected chi connectivity index (χ1v) is 7.08. The number of nitriles is 1. The van der Waals surface area contributed by atoms with Gasteiger partial charge in [0.1, 0.15) is 11.6 Å². The molecule has 0 saturated carbocycles. The molecule has 0 aliphatic carbocycles. The highest BCUT2D eigenvalue weighted by Crippen LogP contribution is 2.22. The number of aromatic nitrogens is 1. The molecule has 4 heteroatoms. The molecule has 0 aromatic carbocycles. The number of aryl methyl sites for hydroxylation is 1. The summed E-state index contributed by atoms with van der Waals surface area (Å²) in [6.45, 7) is 6.38. The second-order valence-electron chi connectivity index (χ2n) is 5.11. The van der Waals surface area contributed by atoms with E-state index in [1.807, 2.05) is 19.9 Å². The van der Waals surface area contributed by atoms with Crippen LogP contribution in [0.25, 0.3) is 0 Å². The Morgan fingerprint density at radius 1 is 1.26 bits per heavy atom. The average molecular weight is 259 g/mol. The van der Waals surface area contributed by atoms with Crippen LogP contribution in [0.2, 0.25) is 0 Å². The fourth-order valence-corrected chi connectivity index (χ4v) is 2.81. The van der Waals surface area contributed by atoms with E-state index in [4.69, 9.17) is 0 Å². The molecular weight excluding hydrogens is 238 g/mol. The summed E-state index contributed by atoms with van der Waals surface area (Å²) in [5.41, 5.74) is 1.92. The van der Waals surface area contributed by atoms with Crippen LogP contribution in [0.5, 0.6) is 0 Å². The van der Waals surface area contributed by atoms with Gasteiger partial charge in [-0.2, -0.15) is 5.26 Å². The average Bonchev–Trinajstić information content (AvgIpc) is 2.67. The summed E-state index contributed by atoms with van der Waals surface area (Å²) in [6, 6.07) is 4.10. The molecule has 0 amide bonds. The van der Waals surface area contributed by atoms with Gasteiger partial charge in [0.2, 0.25) is 0 Å². The molecule has 1 aliphatic heterocycles. The molecule has 1 saturated heterocycles. The lowest BCUT2D eigenvalue weighted by atomic mass is 10.1.